The first kappa shape index (κ1) is 9.46. The number of rotatable bonds is 1. The van der Waals surface area contributed by atoms with Gasteiger partial charge in [-0.05, 0) is 26.0 Å². The van der Waals surface area contributed by atoms with Gasteiger partial charge in [-0.15, -0.1) is 0 Å². The van der Waals surface area contributed by atoms with Crippen LogP contribution in [0.1, 0.15) is 34.4 Å². The summed E-state index contributed by atoms with van der Waals surface area (Å²) < 4.78 is 5.58. The number of carbonyl (C=O) groups is 1. The van der Waals surface area contributed by atoms with Crippen molar-refractivity contribution >= 4 is 5.78 Å². The molecule has 0 atom stereocenters. The Morgan fingerprint density at radius 1 is 1.50 bits per heavy atom. The topological polar surface area (TPSA) is 33.5 Å². The molecule has 1 aromatic rings. The van der Waals surface area contributed by atoms with Gasteiger partial charge in [-0.25, -0.2) is 0 Å². The number of furan rings is 1. The van der Waals surface area contributed by atoms with Crippen molar-refractivity contribution in [2.75, 3.05) is 13.6 Å². The second kappa shape index (κ2) is 3.24. The van der Waals surface area contributed by atoms with Crippen LogP contribution in [0.4, 0.5) is 0 Å². The van der Waals surface area contributed by atoms with Gasteiger partial charge in [0.1, 0.15) is 5.76 Å². The lowest BCUT2D eigenvalue weighted by Crippen LogP contribution is -2.25. The third-order valence-electron chi connectivity index (χ3n) is 2.83. The molecule has 1 aliphatic heterocycles. The monoisotopic (exact) mass is 193 g/mol. The van der Waals surface area contributed by atoms with Crippen molar-refractivity contribution in [1.82, 2.24) is 4.90 Å². The Labute approximate surface area is 83.7 Å². The molecule has 0 unspecified atom stereocenters. The van der Waals surface area contributed by atoms with E-state index in [2.05, 4.69) is 11.9 Å². The number of nitrogens with zero attached hydrogens (tertiary/aromatic N) is 1. The van der Waals surface area contributed by atoms with Gasteiger partial charge < -0.3 is 4.42 Å². The van der Waals surface area contributed by atoms with Crippen molar-refractivity contribution in [3.63, 3.8) is 0 Å². The first-order valence-corrected chi connectivity index (χ1v) is 4.90. The van der Waals surface area contributed by atoms with E-state index >= 15 is 0 Å². The minimum Gasteiger partial charge on any atom is -0.456 e. The van der Waals surface area contributed by atoms with Crippen LogP contribution >= 0.6 is 0 Å². The fourth-order valence-electron chi connectivity index (χ4n) is 2.02. The summed E-state index contributed by atoms with van der Waals surface area (Å²) in [6, 6.07) is 0. The van der Waals surface area contributed by atoms with Crippen LogP contribution < -0.4 is 0 Å². The van der Waals surface area contributed by atoms with Crippen LogP contribution in [0.25, 0.3) is 0 Å². The van der Waals surface area contributed by atoms with Crippen LogP contribution in [-0.4, -0.2) is 24.3 Å². The van der Waals surface area contributed by atoms with E-state index in [0.29, 0.717) is 5.76 Å². The minimum absolute atomic E-state index is 0.0274. The molecule has 0 saturated carbocycles. The zero-order valence-corrected chi connectivity index (χ0v) is 8.89. The summed E-state index contributed by atoms with van der Waals surface area (Å²) in [4.78, 5) is 13.5. The maximum atomic E-state index is 11.3. The third-order valence-corrected chi connectivity index (χ3v) is 2.83. The molecule has 0 fully saturated rings. The summed E-state index contributed by atoms with van der Waals surface area (Å²) in [6.45, 7) is 5.40. The minimum atomic E-state index is 0.0274. The first-order chi connectivity index (χ1) is 6.59. The lowest BCUT2D eigenvalue weighted by atomic mass is 10.0. The second-order valence-corrected chi connectivity index (χ2v) is 4.00. The van der Waals surface area contributed by atoms with Gasteiger partial charge in [0.2, 0.25) is 0 Å². The number of fused-ring (bicyclic) bond motifs is 1. The Morgan fingerprint density at radius 3 is 2.86 bits per heavy atom. The molecule has 2 rings (SSSR count). The second-order valence-electron chi connectivity index (χ2n) is 4.00. The van der Waals surface area contributed by atoms with Gasteiger partial charge in [0.15, 0.2) is 11.5 Å². The molecule has 3 nitrogen and oxygen atoms in total. The summed E-state index contributed by atoms with van der Waals surface area (Å²) in [5.74, 6) is 1.55. The highest BCUT2D eigenvalue weighted by atomic mass is 16.4. The molecule has 2 heterocycles. The van der Waals surface area contributed by atoms with Crippen LogP contribution in [0.2, 0.25) is 0 Å². The number of hydrogen-bond donors (Lipinski definition) is 0. The molecule has 0 saturated heterocycles. The van der Waals surface area contributed by atoms with E-state index in [1.165, 1.54) is 5.56 Å². The fourth-order valence-corrected chi connectivity index (χ4v) is 2.02. The van der Waals surface area contributed by atoms with Gasteiger partial charge in [0.05, 0.1) is 6.54 Å². The summed E-state index contributed by atoms with van der Waals surface area (Å²) >= 11 is 0. The summed E-state index contributed by atoms with van der Waals surface area (Å²) in [5.41, 5.74) is 2.29. The van der Waals surface area contributed by atoms with Crippen LogP contribution in [-0.2, 0) is 13.0 Å². The van der Waals surface area contributed by atoms with E-state index in [1.54, 1.807) is 6.92 Å². The molecule has 76 valence electrons. The van der Waals surface area contributed by atoms with Crippen molar-refractivity contribution in [3.05, 3.63) is 22.6 Å². The molecule has 1 aromatic heterocycles. The highest BCUT2D eigenvalue weighted by Crippen LogP contribution is 2.27. The van der Waals surface area contributed by atoms with Crippen LogP contribution in [0.15, 0.2) is 4.42 Å². The highest BCUT2D eigenvalue weighted by molar-refractivity contribution is 5.93. The van der Waals surface area contributed by atoms with Gasteiger partial charge in [0.25, 0.3) is 0 Å². The van der Waals surface area contributed by atoms with E-state index in [0.717, 1.165) is 30.8 Å². The molecule has 0 N–H and O–H groups in total. The number of hydrogen-bond acceptors (Lipinski definition) is 3. The van der Waals surface area contributed by atoms with Crippen molar-refractivity contribution in [1.29, 1.82) is 0 Å². The SMILES string of the molecule is CC(=O)c1oc2c(c1C)CCN(C)C2. The van der Waals surface area contributed by atoms with Crippen molar-refractivity contribution < 1.29 is 9.21 Å². The summed E-state index contributed by atoms with van der Waals surface area (Å²) in [5, 5.41) is 0. The predicted molar refractivity (Wildman–Crippen MR) is 53.5 cm³/mol. The average molecular weight is 193 g/mol. The summed E-state index contributed by atoms with van der Waals surface area (Å²) in [7, 11) is 2.06. The Balaban J connectivity index is 2.45. The smallest absolute Gasteiger partial charge is 0.195 e. The fraction of sp³-hybridized carbons (Fsp3) is 0.545. The molecule has 0 radical (unpaired) electrons. The lowest BCUT2D eigenvalue weighted by Gasteiger charge is -2.20. The van der Waals surface area contributed by atoms with Crippen molar-refractivity contribution in [3.8, 4) is 0 Å². The average Bonchev–Trinajstić information content (AvgIpc) is 2.43. The predicted octanol–water partition coefficient (Wildman–Crippen LogP) is 1.78. The maximum Gasteiger partial charge on any atom is 0.195 e. The Bertz CT molecular complexity index is 379. The largest absolute Gasteiger partial charge is 0.456 e. The van der Waals surface area contributed by atoms with Gasteiger partial charge in [0, 0.05) is 19.0 Å². The maximum absolute atomic E-state index is 11.3. The van der Waals surface area contributed by atoms with Gasteiger partial charge >= 0.3 is 0 Å². The Morgan fingerprint density at radius 2 is 2.21 bits per heavy atom. The van der Waals surface area contributed by atoms with E-state index in [-0.39, 0.29) is 5.78 Å². The highest BCUT2D eigenvalue weighted by Gasteiger charge is 2.23. The molecule has 0 amide bonds. The molecule has 14 heavy (non-hydrogen) atoms. The molecule has 0 bridgehead atoms. The van der Waals surface area contributed by atoms with Crippen molar-refractivity contribution in [2.45, 2.75) is 26.8 Å². The Kier molecular flexibility index (Phi) is 2.19. The Hall–Kier alpha value is -1.09. The standard InChI is InChI=1S/C11H15NO2/c1-7-9-4-5-12(3)6-10(9)14-11(7)8(2)13/h4-6H2,1-3H3. The number of carbonyl (C=O) groups excluding carboxylic acids is 1. The first-order valence-electron chi connectivity index (χ1n) is 4.90. The molecule has 0 spiro atoms. The number of Topliss-reactive ketones (excluding diaryl/α,β-unsaturated/α-hetero) is 1. The zero-order chi connectivity index (χ0) is 10.3. The zero-order valence-electron chi connectivity index (χ0n) is 8.89. The quantitative estimate of drug-likeness (QED) is 0.637. The molecule has 3 heteroatoms. The molecule has 1 aliphatic rings. The van der Waals surface area contributed by atoms with E-state index in [1.807, 2.05) is 6.92 Å². The van der Waals surface area contributed by atoms with Gasteiger partial charge in [-0.3, -0.25) is 9.69 Å². The van der Waals surface area contributed by atoms with Crippen molar-refractivity contribution in [2.24, 2.45) is 0 Å². The van der Waals surface area contributed by atoms with Crippen LogP contribution in [0.5, 0.6) is 0 Å². The molecular formula is C11H15NO2. The van der Waals surface area contributed by atoms with Gasteiger partial charge in [-0.1, -0.05) is 0 Å². The molecule has 0 aliphatic carbocycles. The summed E-state index contributed by atoms with van der Waals surface area (Å²) in [6.07, 6.45) is 0.994. The molecular weight excluding hydrogens is 178 g/mol. The van der Waals surface area contributed by atoms with E-state index in [9.17, 15) is 4.79 Å². The van der Waals surface area contributed by atoms with E-state index < -0.39 is 0 Å². The van der Waals surface area contributed by atoms with Crippen LogP contribution in [0, 0.1) is 6.92 Å². The number of likely N-dealkylation sites (N-methyl/N-ethyl adjacent to an activating group) is 1. The van der Waals surface area contributed by atoms with E-state index in [4.69, 9.17) is 4.42 Å². The third kappa shape index (κ3) is 1.38. The van der Waals surface area contributed by atoms with Gasteiger partial charge in [-0.2, -0.15) is 0 Å². The molecule has 0 aromatic carbocycles. The van der Waals surface area contributed by atoms with Crippen LogP contribution in [0.3, 0.4) is 0 Å². The normalized spacial score (nSPS) is 16.8. The number of ketones is 1. The lowest BCUT2D eigenvalue weighted by molar-refractivity contribution is 0.0983.